The molecule has 0 unspecified atom stereocenters. The van der Waals surface area contributed by atoms with E-state index in [0.29, 0.717) is 5.82 Å². The number of nitrogen functional groups attached to an aromatic ring is 1. The van der Waals surface area contributed by atoms with E-state index in [4.69, 9.17) is 5.73 Å². The van der Waals surface area contributed by atoms with Gasteiger partial charge >= 0.3 is 0 Å². The molecule has 0 fully saturated rings. The van der Waals surface area contributed by atoms with Gasteiger partial charge < -0.3 is 5.73 Å². The van der Waals surface area contributed by atoms with Crippen LogP contribution in [-0.4, -0.2) is 15.2 Å². The molecule has 0 atom stereocenters. The van der Waals surface area contributed by atoms with E-state index in [-0.39, 0.29) is 0 Å². The van der Waals surface area contributed by atoms with Crippen molar-refractivity contribution >= 4 is 5.82 Å². The molecule has 4 heteroatoms. The molecular formula is C9H8N4. The lowest BCUT2D eigenvalue weighted by molar-refractivity contribution is 1.04. The first-order chi connectivity index (χ1) is 6.38. The van der Waals surface area contributed by atoms with Crippen molar-refractivity contribution in [1.29, 1.82) is 0 Å². The number of nitrogens with two attached hydrogens (primary N) is 1. The molecule has 64 valence electrons. The maximum absolute atomic E-state index is 5.67. The summed E-state index contributed by atoms with van der Waals surface area (Å²) in [5, 5.41) is 7.71. The summed E-state index contributed by atoms with van der Waals surface area (Å²) < 4.78 is 0. The Balaban J connectivity index is 2.54. The lowest BCUT2D eigenvalue weighted by Gasteiger charge is -2.00. The highest BCUT2D eigenvalue weighted by Gasteiger charge is 2.02. The van der Waals surface area contributed by atoms with Gasteiger partial charge in [0, 0.05) is 18.0 Å². The van der Waals surface area contributed by atoms with Gasteiger partial charge in [-0.25, -0.2) is 4.98 Å². The molecular weight excluding hydrogens is 164 g/mol. The summed E-state index contributed by atoms with van der Waals surface area (Å²) in [5.74, 6) is 0.475. The van der Waals surface area contributed by atoms with Crippen molar-refractivity contribution in [3.8, 4) is 11.3 Å². The standard InChI is InChI=1S/C9H8N4/c10-9-7(3-1-5-11-9)8-4-2-6-12-13-8/h1-6H,(H2,10,11). The highest BCUT2D eigenvalue weighted by atomic mass is 15.1. The van der Waals surface area contributed by atoms with Gasteiger partial charge in [0.05, 0.1) is 5.69 Å². The summed E-state index contributed by atoms with van der Waals surface area (Å²) in [4.78, 5) is 3.97. The number of hydrogen-bond donors (Lipinski definition) is 1. The number of hydrogen-bond acceptors (Lipinski definition) is 4. The molecule has 0 saturated carbocycles. The highest BCUT2D eigenvalue weighted by molar-refractivity contribution is 5.69. The van der Waals surface area contributed by atoms with Crippen molar-refractivity contribution in [3.05, 3.63) is 36.7 Å². The van der Waals surface area contributed by atoms with Crippen LogP contribution < -0.4 is 5.73 Å². The van der Waals surface area contributed by atoms with Crippen LogP contribution in [0.5, 0.6) is 0 Å². The third kappa shape index (κ3) is 1.46. The molecule has 0 aliphatic rings. The summed E-state index contributed by atoms with van der Waals surface area (Å²) in [7, 11) is 0. The number of nitrogens with zero attached hydrogens (tertiary/aromatic N) is 3. The minimum Gasteiger partial charge on any atom is -0.383 e. The van der Waals surface area contributed by atoms with Crippen LogP contribution in [0.3, 0.4) is 0 Å². The molecule has 2 heterocycles. The minimum absolute atomic E-state index is 0.475. The Kier molecular flexibility index (Phi) is 1.88. The van der Waals surface area contributed by atoms with Crippen LogP contribution in [0, 0.1) is 0 Å². The average molecular weight is 172 g/mol. The predicted molar refractivity (Wildman–Crippen MR) is 49.7 cm³/mol. The van der Waals surface area contributed by atoms with Gasteiger partial charge in [-0.1, -0.05) is 0 Å². The summed E-state index contributed by atoms with van der Waals surface area (Å²) in [5.41, 5.74) is 7.23. The monoisotopic (exact) mass is 172 g/mol. The molecule has 13 heavy (non-hydrogen) atoms. The molecule has 0 saturated heterocycles. The van der Waals surface area contributed by atoms with Gasteiger partial charge in [0.25, 0.3) is 0 Å². The zero-order valence-electron chi connectivity index (χ0n) is 6.88. The van der Waals surface area contributed by atoms with E-state index in [1.54, 1.807) is 12.4 Å². The van der Waals surface area contributed by atoms with Crippen molar-refractivity contribution in [2.75, 3.05) is 5.73 Å². The van der Waals surface area contributed by atoms with Gasteiger partial charge in [0.15, 0.2) is 0 Å². The fourth-order valence-electron chi connectivity index (χ4n) is 1.08. The van der Waals surface area contributed by atoms with Crippen molar-refractivity contribution in [3.63, 3.8) is 0 Å². The Labute approximate surface area is 75.5 Å². The zero-order valence-corrected chi connectivity index (χ0v) is 6.88. The van der Waals surface area contributed by atoms with E-state index in [1.165, 1.54) is 0 Å². The number of pyridine rings is 1. The molecule has 0 aromatic carbocycles. The zero-order chi connectivity index (χ0) is 9.10. The van der Waals surface area contributed by atoms with E-state index in [0.717, 1.165) is 11.3 Å². The van der Waals surface area contributed by atoms with E-state index >= 15 is 0 Å². The smallest absolute Gasteiger partial charge is 0.132 e. The summed E-state index contributed by atoms with van der Waals surface area (Å²) in [6.07, 6.45) is 3.27. The van der Waals surface area contributed by atoms with Crippen molar-refractivity contribution in [1.82, 2.24) is 15.2 Å². The Morgan fingerprint density at radius 2 is 1.92 bits per heavy atom. The quantitative estimate of drug-likeness (QED) is 0.700. The van der Waals surface area contributed by atoms with E-state index < -0.39 is 0 Å². The van der Waals surface area contributed by atoms with Gasteiger partial charge in [-0.15, -0.1) is 0 Å². The molecule has 0 aliphatic carbocycles. The van der Waals surface area contributed by atoms with Gasteiger partial charge in [-0.3, -0.25) is 0 Å². The van der Waals surface area contributed by atoms with Crippen LogP contribution in [-0.2, 0) is 0 Å². The van der Waals surface area contributed by atoms with Crippen LogP contribution >= 0.6 is 0 Å². The number of aromatic nitrogens is 3. The topological polar surface area (TPSA) is 64.7 Å². The van der Waals surface area contributed by atoms with Gasteiger partial charge in [-0.2, -0.15) is 10.2 Å². The first kappa shape index (κ1) is 7.67. The third-order valence-electron chi connectivity index (χ3n) is 1.69. The molecule has 2 aromatic rings. The van der Waals surface area contributed by atoms with E-state index in [2.05, 4.69) is 15.2 Å². The van der Waals surface area contributed by atoms with Gasteiger partial charge in [0.1, 0.15) is 5.82 Å². The van der Waals surface area contributed by atoms with E-state index in [1.807, 2.05) is 24.3 Å². The van der Waals surface area contributed by atoms with Crippen molar-refractivity contribution in [2.24, 2.45) is 0 Å². The fourth-order valence-corrected chi connectivity index (χ4v) is 1.08. The van der Waals surface area contributed by atoms with Crippen LogP contribution in [0.2, 0.25) is 0 Å². The summed E-state index contributed by atoms with van der Waals surface area (Å²) in [6.45, 7) is 0. The molecule has 2 N–H and O–H groups in total. The summed E-state index contributed by atoms with van der Waals surface area (Å²) >= 11 is 0. The van der Waals surface area contributed by atoms with Crippen molar-refractivity contribution in [2.45, 2.75) is 0 Å². The lowest BCUT2D eigenvalue weighted by Crippen LogP contribution is -1.94. The second-order valence-corrected chi connectivity index (χ2v) is 2.55. The van der Waals surface area contributed by atoms with Gasteiger partial charge in [-0.05, 0) is 24.3 Å². The average Bonchev–Trinajstić information content (AvgIpc) is 2.20. The molecule has 0 amide bonds. The highest BCUT2D eigenvalue weighted by Crippen LogP contribution is 2.19. The Morgan fingerprint density at radius 1 is 1.08 bits per heavy atom. The second kappa shape index (κ2) is 3.18. The molecule has 0 bridgehead atoms. The second-order valence-electron chi connectivity index (χ2n) is 2.55. The number of rotatable bonds is 1. The predicted octanol–water partition coefficient (Wildman–Crippen LogP) is 1.12. The SMILES string of the molecule is Nc1ncccc1-c1cccnn1. The maximum Gasteiger partial charge on any atom is 0.132 e. The van der Waals surface area contributed by atoms with Gasteiger partial charge in [0.2, 0.25) is 0 Å². The van der Waals surface area contributed by atoms with Crippen molar-refractivity contribution < 1.29 is 0 Å². The largest absolute Gasteiger partial charge is 0.383 e. The Morgan fingerprint density at radius 3 is 2.62 bits per heavy atom. The molecule has 0 radical (unpaired) electrons. The molecule has 2 rings (SSSR count). The summed E-state index contributed by atoms with van der Waals surface area (Å²) in [6, 6.07) is 7.35. The Hall–Kier alpha value is -1.97. The van der Waals surface area contributed by atoms with Crippen LogP contribution in [0.1, 0.15) is 0 Å². The third-order valence-corrected chi connectivity index (χ3v) is 1.69. The van der Waals surface area contributed by atoms with E-state index in [9.17, 15) is 0 Å². The fraction of sp³-hybridized carbons (Fsp3) is 0. The minimum atomic E-state index is 0.475. The Bertz CT molecular complexity index is 399. The molecule has 2 aromatic heterocycles. The normalized spacial score (nSPS) is 9.85. The maximum atomic E-state index is 5.67. The molecule has 0 spiro atoms. The van der Waals surface area contributed by atoms with Crippen LogP contribution in [0.25, 0.3) is 11.3 Å². The first-order valence-electron chi connectivity index (χ1n) is 3.86. The lowest BCUT2D eigenvalue weighted by atomic mass is 10.2. The first-order valence-corrected chi connectivity index (χ1v) is 3.86. The van der Waals surface area contributed by atoms with Crippen LogP contribution in [0.15, 0.2) is 36.7 Å². The van der Waals surface area contributed by atoms with Crippen LogP contribution in [0.4, 0.5) is 5.82 Å². The molecule has 4 nitrogen and oxygen atoms in total. The number of anilines is 1. The molecule has 0 aliphatic heterocycles.